The van der Waals surface area contributed by atoms with Crippen LogP contribution in [0.5, 0.6) is 5.75 Å². The van der Waals surface area contributed by atoms with Gasteiger partial charge in [0, 0.05) is 6.04 Å². The minimum Gasteiger partial charge on any atom is -0.490 e. The SMILES string of the molecule is NC1CC(c2ccc(OC3CCCCC3)cc2)C1. The molecule has 0 heterocycles. The lowest BCUT2D eigenvalue weighted by molar-refractivity contribution is 0.155. The number of nitrogens with two attached hydrogens (primary N) is 1. The van der Waals surface area contributed by atoms with Gasteiger partial charge in [-0.2, -0.15) is 0 Å². The number of ether oxygens (including phenoxy) is 1. The molecule has 0 saturated heterocycles. The highest BCUT2D eigenvalue weighted by Gasteiger charge is 2.27. The Morgan fingerprint density at radius 3 is 2.22 bits per heavy atom. The van der Waals surface area contributed by atoms with Crippen molar-refractivity contribution in [2.45, 2.75) is 63.0 Å². The van der Waals surface area contributed by atoms with E-state index in [4.69, 9.17) is 10.5 Å². The fourth-order valence-corrected chi connectivity index (χ4v) is 3.13. The lowest BCUT2D eigenvalue weighted by atomic mass is 9.76. The molecule has 0 bridgehead atoms. The molecular formula is C16H23NO. The summed E-state index contributed by atoms with van der Waals surface area (Å²) in [7, 11) is 0. The van der Waals surface area contributed by atoms with Crippen LogP contribution in [0.1, 0.15) is 56.4 Å². The van der Waals surface area contributed by atoms with E-state index in [1.807, 2.05) is 0 Å². The molecule has 0 aliphatic heterocycles. The maximum Gasteiger partial charge on any atom is 0.119 e. The van der Waals surface area contributed by atoms with Crippen molar-refractivity contribution >= 4 is 0 Å². The highest BCUT2D eigenvalue weighted by atomic mass is 16.5. The van der Waals surface area contributed by atoms with Crippen molar-refractivity contribution in [3.05, 3.63) is 29.8 Å². The zero-order valence-corrected chi connectivity index (χ0v) is 11.0. The van der Waals surface area contributed by atoms with Gasteiger partial charge in [0.2, 0.25) is 0 Å². The molecule has 2 nitrogen and oxygen atoms in total. The number of benzene rings is 1. The van der Waals surface area contributed by atoms with Crippen molar-refractivity contribution in [2.75, 3.05) is 0 Å². The van der Waals surface area contributed by atoms with Gasteiger partial charge in [0.25, 0.3) is 0 Å². The standard InChI is InChI=1S/C16H23NO/c17-14-10-13(11-14)12-6-8-16(9-7-12)18-15-4-2-1-3-5-15/h6-9,13-15H,1-5,10-11,17H2. The Balaban J connectivity index is 1.57. The molecule has 98 valence electrons. The summed E-state index contributed by atoms with van der Waals surface area (Å²) < 4.78 is 6.04. The van der Waals surface area contributed by atoms with Crippen LogP contribution in [0.15, 0.2) is 24.3 Å². The Bertz CT molecular complexity index is 375. The summed E-state index contributed by atoms with van der Waals surface area (Å²) in [6.07, 6.45) is 9.19. The second-order valence-corrected chi connectivity index (χ2v) is 5.88. The maximum atomic E-state index is 6.04. The van der Waals surface area contributed by atoms with Crippen LogP contribution >= 0.6 is 0 Å². The zero-order valence-electron chi connectivity index (χ0n) is 11.0. The molecule has 2 N–H and O–H groups in total. The predicted molar refractivity (Wildman–Crippen MR) is 73.9 cm³/mol. The first kappa shape index (κ1) is 12.0. The second kappa shape index (κ2) is 5.31. The first-order chi connectivity index (χ1) is 8.81. The topological polar surface area (TPSA) is 35.2 Å². The van der Waals surface area contributed by atoms with Crippen molar-refractivity contribution in [3.8, 4) is 5.75 Å². The van der Waals surface area contributed by atoms with Crippen LogP contribution in [0.2, 0.25) is 0 Å². The number of rotatable bonds is 3. The van der Waals surface area contributed by atoms with Crippen LogP contribution in [0, 0.1) is 0 Å². The lowest BCUT2D eigenvalue weighted by Crippen LogP contribution is -2.34. The smallest absolute Gasteiger partial charge is 0.119 e. The Labute approximate surface area is 110 Å². The average Bonchev–Trinajstić information content (AvgIpc) is 2.38. The van der Waals surface area contributed by atoms with Crippen molar-refractivity contribution in [3.63, 3.8) is 0 Å². The third-order valence-electron chi connectivity index (χ3n) is 4.38. The molecule has 2 fully saturated rings. The number of hydrogen-bond donors (Lipinski definition) is 1. The number of hydrogen-bond acceptors (Lipinski definition) is 2. The summed E-state index contributed by atoms with van der Waals surface area (Å²) in [4.78, 5) is 0. The van der Waals surface area contributed by atoms with Crippen LogP contribution < -0.4 is 10.5 Å². The highest BCUT2D eigenvalue weighted by molar-refractivity contribution is 5.31. The van der Waals surface area contributed by atoms with Gasteiger partial charge in [-0.25, -0.2) is 0 Å². The van der Waals surface area contributed by atoms with E-state index >= 15 is 0 Å². The van der Waals surface area contributed by atoms with Gasteiger partial charge in [-0.05, 0) is 62.1 Å². The molecule has 2 saturated carbocycles. The fourth-order valence-electron chi connectivity index (χ4n) is 3.13. The van der Waals surface area contributed by atoms with E-state index in [2.05, 4.69) is 24.3 Å². The molecule has 0 unspecified atom stereocenters. The third kappa shape index (κ3) is 2.69. The molecular weight excluding hydrogens is 222 g/mol. The molecule has 18 heavy (non-hydrogen) atoms. The summed E-state index contributed by atoms with van der Waals surface area (Å²) in [6.45, 7) is 0. The van der Waals surface area contributed by atoms with E-state index in [0.717, 1.165) is 18.6 Å². The molecule has 2 aliphatic rings. The van der Waals surface area contributed by atoms with Crippen LogP contribution in [0.3, 0.4) is 0 Å². The normalized spacial score (nSPS) is 28.7. The molecule has 0 aromatic heterocycles. The molecule has 0 atom stereocenters. The Morgan fingerprint density at radius 1 is 0.944 bits per heavy atom. The summed E-state index contributed by atoms with van der Waals surface area (Å²) >= 11 is 0. The van der Waals surface area contributed by atoms with Gasteiger partial charge in [-0.15, -0.1) is 0 Å². The van der Waals surface area contributed by atoms with Gasteiger partial charge < -0.3 is 10.5 Å². The monoisotopic (exact) mass is 245 g/mol. The largest absolute Gasteiger partial charge is 0.490 e. The molecule has 2 heteroatoms. The molecule has 1 aromatic carbocycles. The van der Waals surface area contributed by atoms with E-state index < -0.39 is 0 Å². The molecule has 0 amide bonds. The average molecular weight is 245 g/mol. The summed E-state index contributed by atoms with van der Waals surface area (Å²) in [5.74, 6) is 1.72. The predicted octanol–water partition coefficient (Wildman–Crippen LogP) is 3.60. The van der Waals surface area contributed by atoms with Gasteiger partial charge in [-0.3, -0.25) is 0 Å². The zero-order chi connectivity index (χ0) is 12.4. The van der Waals surface area contributed by atoms with E-state index in [1.54, 1.807) is 0 Å². The Kier molecular flexibility index (Phi) is 3.55. The minimum atomic E-state index is 0.424. The maximum absolute atomic E-state index is 6.04. The quantitative estimate of drug-likeness (QED) is 0.883. The Morgan fingerprint density at radius 2 is 1.61 bits per heavy atom. The molecule has 1 aromatic rings. The fraction of sp³-hybridized carbons (Fsp3) is 0.625. The van der Waals surface area contributed by atoms with E-state index in [9.17, 15) is 0 Å². The minimum absolute atomic E-state index is 0.424. The molecule has 0 radical (unpaired) electrons. The molecule has 3 rings (SSSR count). The summed E-state index contributed by atoms with van der Waals surface area (Å²) in [6, 6.07) is 9.12. The molecule has 2 aliphatic carbocycles. The lowest BCUT2D eigenvalue weighted by Gasteiger charge is -2.33. The van der Waals surface area contributed by atoms with Crippen molar-refractivity contribution < 1.29 is 4.74 Å². The summed E-state index contributed by atoms with van der Waals surface area (Å²) in [5, 5.41) is 0. The van der Waals surface area contributed by atoms with Gasteiger partial charge in [0.15, 0.2) is 0 Å². The van der Waals surface area contributed by atoms with Crippen LogP contribution in [0.25, 0.3) is 0 Å². The van der Waals surface area contributed by atoms with E-state index in [0.29, 0.717) is 18.1 Å². The first-order valence-electron chi connectivity index (χ1n) is 7.33. The summed E-state index contributed by atoms with van der Waals surface area (Å²) in [5.41, 5.74) is 7.26. The van der Waals surface area contributed by atoms with Crippen LogP contribution in [-0.4, -0.2) is 12.1 Å². The van der Waals surface area contributed by atoms with Crippen molar-refractivity contribution in [2.24, 2.45) is 5.73 Å². The Hall–Kier alpha value is -1.02. The van der Waals surface area contributed by atoms with Gasteiger partial charge in [0.1, 0.15) is 5.75 Å². The van der Waals surface area contributed by atoms with E-state index in [-0.39, 0.29) is 0 Å². The van der Waals surface area contributed by atoms with Gasteiger partial charge >= 0.3 is 0 Å². The third-order valence-corrected chi connectivity index (χ3v) is 4.38. The van der Waals surface area contributed by atoms with Gasteiger partial charge in [-0.1, -0.05) is 18.6 Å². The van der Waals surface area contributed by atoms with E-state index in [1.165, 1.54) is 37.7 Å². The van der Waals surface area contributed by atoms with Crippen molar-refractivity contribution in [1.82, 2.24) is 0 Å². The highest BCUT2D eigenvalue weighted by Crippen LogP contribution is 2.36. The second-order valence-electron chi connectivity index (χ2n) is 5.88. The van der Waals surface area contributed by atoms with Crippen molar-refractivity contribution in [1.29, 1.82) is 0 Å². The van der Waals surface area contributed by atoms with Crippen LogP contribution in [0.4, 0.5) is 0 Å². The van der Waals surface area contributed by atoms with Crippen LogP contribution in [-0.2, 0) is 0 Å². The first-order valence-corrected chi connectivity index (χ1v) is 7.33. The molecule has 0 spiro atoms. The van der Waals surface area contributed by atoms with Gasteiger partial charge in [0.05, 0.1) is 6.10 Å².